The van der Waals surface area contributed by atoms with Crippen molar-refractivity contribution < 1.29 is 17.6 Å². The summed E-state index contributed by atoms with van der Waals surface area (Å²) in [6, 6.07) is 24.2. The lowest BCUT2D eigenvalue weighted by Gasteiger charge is -2.07. The average molecular weight is 463 g/mol. The molecule has 6 nitrogen and oxygen atoms in total. The number of sulfonamides is 1. The Bertz CT molecular complexity index is 1350. The van der Waals surface area contributed by atoms with Crippen LogP contribution in [0, 0.1) is 6.92 Å². The summed E-state index contributed by atoms with van der Waals surface area (Å²) in [6.45, 7) is 2.53. The Kier molecular flexibility index (Phi) is 6.91. The highest BCUT2D eigenvalue weighted by molar-refractivity contribution is 7.89. The van der Waals surface area contributed by atoms with Crippen LogP contribution in [-0.2, 0) is 22.9 Å². The quantitative estimate of drug-likeness (QED) is 0.390. The van der Waals surface area contributed by atoms with Crippen LogP contribution in [-0.4, -0.2) is 27.4 Å². The number of fused-ring (bicyclic) bond motifs is 1. The number of hydrogen-bond donors (Lipinski definition) is 2. The molecule has 0 unspecified atom stereocenters. The zero-order chi connectivity index (χ0) is 23.3. The zero-order valence-corrected chi connectivity index (χ0v) is 19.2. The van der Waals surface area contributed by atoms with E-state index in [9.17, 15) is 13.2 Å². The van der Waals surface area contributed by atoms with E-state index >= 15 is 0 Å². The SMILES string of the molecule is Cc1c(C(=O)NCCc2ccccc2)oc2ccc(S(=O)(=O)NCCc3ccccc3)cc12. The van der Waals surface area contributed by atoms with Crippen LogP contribution < -0.4 is 10.0 Å². The fourth-order valence-electron chi connectivity index (χ4n) is 3.69. The number of aryl methyl sites for hydroxylation is 1. The molecule has 2 N–H and O–H groups in total. The maximum atomic E-state index is 12.8. The van der Waals surface area contributed by atoms with Gasteiger partial charge in [-0.05, 0) is 49.1 Å². The standard InChI is InChI=1S/C26H26N2O4S/c1-19-23-18-22(33(30,31)28-17-15-21-10-6-3-7-11-21)12-13-24(23)32-25(19)26(29)27-16-14-20-8-4-2-5-9-20/h2-13,18,28H,14-17H2,1H3,(H,27,29). The van der Waals surface area contributed by atoms with E-state index in [2.05, 4.69) is 10.0 Å². The van der Waals surface area contributed by atoms with Crippen molar-refractivity contribution in [1.29, 1.82) is 0 Å². The summed E-state index contributed by atoms with van der Waals surface area (Å²) in [4.78, 5) is 12.8. The Hall–Kier alpha value is -3.42. The van der Waals surface area contributed by atoms with Crippen molar-refractivity contribution in [2.24, 2.45) is 0 Å². The molecular formula is C26H26N2O4S. The fraction of sp³-hybridized carbons (Fsp3) is 0.192. The zero-order valence-electron chi connectivity index (χ0n) is 18.4. The largest absolute Gasteiger partial charge is 0.451 e. The maximum absolute atomic E-state index is 12.8. The van der Waals surface area contributed by atoms with Crippen LogP contribution in [0.4, 0.5) is 0 Å². The number of furan rings is 1. The van der Waals surface area contributed by atoms with Gasteiger partial charge in [-0.3, -0.25) is 4.79 Å². The molecule has 1 amide bonds. The Morgan fingerprint density at radius 1 is 0.848 bits per heavy atom. The number of amides is 1. The molecule has 33 heavy (non-hydrogen) atoms. The van der Waals surface area contributed by atoms with E-state index in [-0.39, 0.29) is 16.6 Å². The molecule has 0 bridgehead atoms. The van der Waals surface area contributed by atoms with Crippen molar-refractivity contribution >= 4 is 26.9 Å². The highest BCUT2D eigenvalue weighted by Gasteiger charge is 2.20. The van der Waals surface area contributed by atoms with E-state index < -0.39 is 10.0 Å². The minimum Gasteiger partial charge on any atom is -0.451 e. The summed E-state index contributed by atoms with van der Waals surface area (Å²) in [7, 11) is -3.69. The first-order valence-electron chi connectivity index (χ1n) is 10.8. The van der Waals surface area contributed by atoms with Gasteiger partial charge in [-0.1, -0.05) is 60.7 Å². The van der Waals surface area contributed by atoms with E-state index in [1.165, 1.54) is 6.07 Å². The topological polar surface area (TPSA) is 88.4 Å². The van der Waals surface area contributed by atoms with Gasteiger partial charge in [0.1, 0.15) is 5.58 Å². The molecule has 0 radical (unpaired) electrons. The molecule has 0 aliphatic carbocycles. The molecule has 1 heterocycles. The molecule has 4 aromatic rings. The van der Waals surface area contributed by atoms with E-state index in [4.69, 9.17) is 4.42 Å². The first-order chi connectivity index (χ1) is 15.9. The molecule has 0 saturated carbocycles. The van der Waals surface area contributed by atoms with Crippen molar-refractivity contribution in [1.82, 2.24) is 10.0 Å². The summed E-state index contributed by atoms with van der Waals surface area (Å²) in [6.07, 6.45) is 1.31. The monoisotopic (exact) mass is 462 g/mol. The molecule has 0 aliphatic rings. The van der Waals surface area contributed by atoms with Gasteiger partial charge in [0.25, 0.3) is 5.91 Å². The van der Waals surface area contributed by atoms with E-state index in [0.717, 1.165) is 11.1 Å². The molecule has 7 heteroatoms. The van der Waals surface area contributed by atoms with Gasteiger partial charge in [0, 0.05) is 24.0 Å². The van der Waals surface area contributed by atoms with Crippen molar-refractivity contribution in [2.75, 3.05) is 13.1 Å². The molecular weight excluding hydrogens is 436 g/mol. The van der Waals surface area contributed by atoms with Gasteiger partial charge in [-0.15, -0.1) is 0 Å². The van der Waals surface area contributed by atoms with Crippen LogP contribution in [0.2, 0.25) is 0 Å². The first kappa shape index (κ1) is 22.8. The van der Waals surface area contributed by atoms with Crippen molar-refractivity contribution in [2.45, 2.75) is 24.7 Å². The molecule has 4 rings (SSSR count). The van der Waals surface area contributed by atoms with Crippen LogP contribution in [0.25, 0.3) is 11.0 Å². The number of rotatable bonds is 9. The van der Waals surface area contributed by atoms with Gasteiger partial charge in [-0.2, -0.15) is 0 Å². The third kappa shape index (κ3) is 5.50. The van der Waals surface area contributed by atoms with Crippen LogP contribution in [0.3, 0.4) is 0 Å². The third-order valence-corrected chi connectivity index (χ3v) is 6.97. The first-order valence-corrected chi connectivity index (χ1v) is 12.3. The van der Waals surface area contributed by atoms with Crippen LogP contribution in [0.5, 0.6) is 0 Å². The van der Waals surface area contributed by atoms with Crippen molar-refractivity contribution in [3.05, 3.63) is 101 Å². The second kappa shape index (κ2) is 10.0. The minimum absolute atomic E-state index is 0.142. The Morgan fingerprint density at radius 3 is 2.09 bits per heavy atom. The summed E-state index contributed by atoms with van der Waals surface area (Å²) < 4.78 is 33.9. The third-order valence-electron chi connectivity index (χ3n) is 5.51. The number of hydrogen-bond acceptors (Lipinski definition) is 4. The average Bonchev–Trinajstić information content (AvgIpc) is 3.16. The molecule has 0 saturated heterocycles. The molecule has 1 aromatic heterocycles. The fourth-order valence-corrected chi connectivity index (χ4v) is 4.74. The van der Waals surface area contributed by atoms with Gasteiger partial charge in [0.05, 0.1) is 4.90 Å². The highest BCUT2D eigenvalue weighted by atomic mass is 32.2. The van der Waals surface area contributed by atoms with E-state index in [0.29, 0.717) is 42.5 Å². The molecule has 0 fully saturated rings. The summed E-state index contributed by atoms with van der Waals surface area (Å²) >= 11 is 0. The predicted octanol–water partition coefficient (Wildman–Crippen LogP) is 4.23. The van der Waals surface area contributed by atoms with Crippen LogP contribution >= 0.6 is 0 Å². The highest BCUT2D eigenvalue weighted by Crippen LogP contribution is 2.27. The Labute approximate surface area is 193 Å². The Morgan fingerprint density at radius 2 is 1.45 bits per heavy atom. The van der Waals surface area contributed by atoms with E-state index in [1.807, 2.05) is 60.7 Å². The molecule has 0 spiro atoms. The lowest BCUT2D eigenvalue weighted by molar-refractivity contribution is 0.0927. The molecule has 3 aromatic carbocycles. The summed E-state index contributed by atoms with van der Waals surface area (Å²) in [5.74, 6) is -0.116. The maximum Gasteiger partial charge on any atom is 0.287 e. The van der Waals surface area contributed by atoms with Gasteiger partial charge in [0.15, 0.2) is 5.76 Å². The number of benzene rings is 3. The number of carbonyl (C=O) groups excluding carboxylic acids is 1. The van der Waals surface area contributed by atoms with Crippen molar-refractivity contribution in [3.8, 4) is 0 Å². The Balaban J connectivity index is 1.44. The second-order valence-corrected chi connectivity index (χ2v) is 9.61. The second-order valence-electron chi connectivity index (χ2n) is 7.84. The van der Waals surface area contributed by atoms with Gasteiger partial charge in [-0.25, -0.2) is 13.1 Å². The van der Waals surface area contributed by atoms with Crippen LogP contribution in [0.15, 0.2) is 88.2 Å². The van der Waals surface area contributed by atoms with Gasteiger partial charge < -0.3 is 9.73 Å². The van der Waals surface area contributed by atoms with Crippen LogP contribution in [0.1, 0.15) is 27.2 Å². The molecule has 0 aliphatic heterocycles. The summed E-state index contributed by atoms with van der Waals surface area (Å²) in [5, 5.41) is 3.48. The molecule has 0 atom stereocenters. The summed E-state index contributed by atoms with van der Waals surface area (Å²) in [5.41, 5.74) is 3.28. The predicted molar refractivity (Wildman–Crippen MR) is 129 cm³/mol. The molecule has 170 valence electrons. The smallest absolute Gasteiger partial charge is 0.287 e. The lowest BCUT2D eigenvalue weighted by atomic mass is 10.1. The van der Waals surface area contributed by atoms with E-state index in [1.54, 1.807) is 19.1 Å². The normalized spacial score (nSPS) is 11.5. The van der Waals surface area contributed by atoms with Gasteiger partial charge >= 0.3 is 0 Å². The van der Waals surface area contributed by atoms with Crippen molar-refractivity contribution in [3.63, 3.8) is 0 Å². The minimum atomic E-state index is -3.69. The van der Waals surface area contributed by atoms with Gasteiger partial charge in [0.2, 0.25) is 10.0 Å². The number of carbonyl (C=O) groups is 1. The number of nitrogens with one attached hydrogen (secondary N) is 2. The lowest BCUT2D eigenvalue weighted by Crippen LogP contribution is -2.26.